The van der Waals surface area contributed by atoms with Crippen LogP contribution in [0.25, 0.3) is 0 Å². The molecule has 28 heavy (non-hydrogen) atoms. The van der Waals surface area contributed by atoms with E-state index in [1.54, 1.807) is 31.2 Å². The van der Waals surface area contributed by atoms with Gasteiger partial charge in [0.1, 0.15) is 0 Å². The highest BCUT2D eigenvalue weighted by molar-refractivity contribution is 9.10. The van der Waals surface area contributed by atoms with Crippen molar-refractivity contribution >= 4 is 31.7 Å². The van der Waals surface area contributed by atoms with E-state index >= 15 is 0 Å². The minimum absolute atomic E-state index is 0.0609. The summed E-state index contributed by atoms with van der Waals surface area (Å²) in [5, 5.41) is 4.35. The van der Waals surface area contributed by atoms with Crippen LogP contribution in [-0.2, 0) is 15.4 Å². The summed E-state index contributed by atoms with van der Waals surface area (Å²) in [6.07, 6.45) is 0. The average molecular weight is 467 g/mol. The van der Waals surface area contributed by atoms with Gasteiger partial charge in [-0.2, -0.15) is 5.10 Å². The molecule has 7 nitrogen and oxygen atoms in total. The Balaban J connectivity index is 2.18. The fraction of sp³-hybridized carbons (Fsp3) is 0.263. The molecular formula is C19H19BrN2O5S. The van der Waals surface area contributed by atoms with Crippen LogP contribution in [-0.4, -0.2) is 24.2 Å². The van der Waals surface area contributed by atoms with Crippen LogP contribution in [0.15, 0.2) is 61.3 Å². The standard InChI is InChI=1S/C19H19BrN2O5S/c1-12-16(28(24,25)13-8-6-5-7-9-13)17(22(21-12)19(2,3)4)27-18(23)14-10-11-15(20)26-14/h5-11H,1-4H3. The van der Waals surface area contributed by atoms with E-state index < -0.39 is 21.3 Å². The van der Waals surface area contributed by atoms with Crippen LogP contribution in [0.3, 0.4) is 0 Å². The first-order chi connectivity index (χ1) is 13.0. The number of rotatable bonds is 4. The Bertz CT molecular complexity index is 1130. The molecule has 0 saturated heterocycles. The van der Waals surface area contributed by atoms with E-state index in [2.05, 4.69) is 21.0 Å². The number of aryl methyl sites for hydroxylation is 1. The van der Waals surface area contributed by atoms with Crippen molar-refractivity contribution in [2.45, 2.75) is 43.0 Å². The molecule has 0 spiro atoms. The first kappa shape index (κ1) is 20.3. The second-order valence-electron chi connectivity index (χ2n) is 7.11. The summed E-state index contributed by atoms with van der Waals surface area (Å²) < 4.78 is 39.0. The minimum atomic E-state index is -3.96. The first-order valence-corrected chi connectivity index (χ1v) is 10.7. The lowest BCUT2D eigenvalue weighted by molar-refractivity contribution is 0.0668. The Labute approximate surface area is 171 Å². The van der Waals surface area contributed by atoms with Crippen molar-refractivity contribution in [3.05, 3.63) is 58.6 Å². The molecule has 0 radical (unpaired) electrons. The lowest BCUT2D eigenvalue weighted by atomic mass is 10.1. The summed E-state index contributed by atoms with van der Waals surface area (Å²) in [4.78, 5) is 12.5. The predicted octanol–water partition coefficient (Wildman–Crippen LogP) is 4.35. The fourth-order valence-electron chi connectivity index (χ4n) is 2.62. The molecule has 0 aliphatic carbocycles. The molecule has 0 bridgehead atoms. The van der Waals surface area contributed by atoms with Gasteiger partial charge in [0, 0.05) is 0 Å². The maximum absolute atomic E-state index is 13.3. The first-order valence-electron chi connectivity index (χ1n) is 8.39. The number of sulfone groups is 1. The third kappa shape index (κ3) is 3.77. The molecule has 0 N–H and O–H groups in total. The van der Waals surface area contributed by atoms with Gasteiger partial charge < -0.3 is 9.15 Å². The lowest BCUT2D eigenvalue weighted by Crippen LogP contribution is -2.25. The zero-order valence-corrected chi connectivity index (χ0v) is 18.2. The van der Waals surface area contributed by atoms with Gasteiger partial charge in [-0.25, -0.2) is 17.9 Å². The Kier molecular flexibility index (Phi) is 5.24. The Morgan fingerprint density at radius 1 is 1.14 bits per heavy atom. The van der Waals surface area contributed by atoms with Gasteiger partial charge in [-0.05, 0) is 67.9 Å². The van der Waals surface area contributed by atoms with Crippen molar-refractivity contribution in [2.24, 2.45) is 0 Å². The number of carbonyl (C=O) groups is 1. The van der Waals surface area contributed by atoms with Gasteiger partial charge in [0.05, 0.1) is 16.1 Å². The molecule has 0 atom stereocenters. The SMILES string of the molecule is Cc1nn(C(C)(C)C)c(OC(=O)c2ccc(Br)o2)c1S(=O)(=O)c1ccccc1. The Morgan fingerprint density at radius 2 is 1.79 bits per heavy atom. The zero-order valence-electron chi connectivity index (χ0n) is 15.8. The van der Waals surface area contributed by atoms with Crippen molar-refractivity contribution in [1.29, 1.82) is 0 Å². The number of nitrogens with zero attached hydrogens (tertiary/aromatic N) is 2. The van der Waals surface area contributed by atoms with E-state index in [-0.39, 0.29) is 27.1 Å². The van der Waals surface area contributed by atoms with Crippen LogP contribution < -0.4 is 4.74 Å². The van der Waals surface area contributed by atoms with E-state index in [0.29, 0.717) is 4.67 Å². The fourth-order valence-corrected chi connectivity index (χ4v) is 4.47. The van der Waals surface area contributed by atoms with Gasteiger partial charge in [0.2, 0.25) is 21.5 Å². The molecule has 9 heteroatoms. The second kappa shape index (κ2) is 7.21. The van der Waals surface area contributed by atoms with Crippen LogP contribution in [0.5, 0.6) is 5.88 Å². The molecule has 148 valence electrons. The third-order valence-corrected chi connectivity index (χ3v) is 6.21. The van der Waals surface area contributed by atoms with E-state index in [0.717, 1.165) is 0 Å². The monoisotopic (exact) mass is 466 g/mol. The maximum atomic E-state index is 13.3. The normalized spacial score (nSPS) is 12.2. The number of hydrogen-bond donors (Lipinski definition) is 0. The molecule has 1 aromatic carbocycles. The van der Waals surface area contributed by atoms with Gasteiger partial charge in [0.25, 0.3) is 0 Å². The van der Waals surface area contributed by atoms with Crippen LogP contribution in [0.4, 0.5) is 0 Å². The number of halogens is 1. The number of ether oxygens (including phenoxy) is 1. The predicted molar refractivity (Wildman–Crippen MR) is 105 cm³/mol. The van der Waals surface area contributed by atoms with Gasteiger partial charge >= 0.3 is 5.97 Å². The molecular weight excluding hydrogens is 448 g/mol. The number of esters is 1. The van der Waals surface area contributed by atoms with Gasteiger partial charge in [-0.1, -0.05) is 18.2 Å². The second-order valence-corrected chi connectivity index (χ2v) is 9.78. The number of benzene rings is 1. The average Bonchev–Trinajstić information content (AvgIpc) is 3.19. The van der Waals surface area contributed by atoms with Crippen LogP contribution in [0.2, 0.25) is 0 Å². The van der Waals surface area contributed by atoms with Crippen molar-refractivity contribution in [1.82, 2.24) is 9.78 Å². The van der Waals surface area contributed by atoms with Crippen molar-refractivity contribution in [3.8, 4) is 5.88 Å². The molecule has 0 amide bonds. The molecule has 2 aromatic heterocycles. The molecule has 0 aliphatic heterocycles. The van der Waals surface area contributed by atoms with E-state index in [1.165, 1.54) is 22.9 Å². The molecule has 0 saturated carbocycles. The Morgan fingerprint density at radius 3 is 2.32 bits per heavy atom. The largest absolute Gasteiger partial charge is 0.442 e. The quantitative estimate of drug-likeness (QED) is 0.530. The van der Waals surface area contributed by atoms with E-state index in [1.807, 2.05) is 20.8 Å². The molecule has 2 heterocycles. The third-order valence-electron chi connectivity index (χ3n) is 3.89. The summed E-state index contributed by atoms with van der Waals surface area (Å²) in [5.74, 6) is -1.03. The van der Waals surface area contributed by atoms with E-state index in [9.17, 15) is 13.2 Å². The minimum Gasteiger partial charge on any atom is -0.442 e. The Hall–Kier alpha value is -2.39. The van der Waals surface area contributed by atoms with Crippen LogP contribution in [0, 0.1) is 6.92 Å². The number of aromatic nitrogens is 2. The maximum Gasteiger partial charge on any atom is 0.381 e. The summed E-state index contributed by atoms with van der Waals surface area (Å²) in [6, 6.07) is 10.9. The van der Waals surface area contributed by atoms with Crippen molar-refractivity contribution in [2.75, 3.05) is 0 Å². The summed E-state index contributed by atoms with van der Waals surface area (Å²) in [6.45, 7) is 7.07. The van der Waals surface area contributed by atoms with Crippen LogP contribution in [0.1, 0.15) is 37.0 Å². The smallest absolute Gasteiger partial charge is 0.381 e. The number of furan rings is 1. The van der Waals surface area contributed by atoms with Crippen molar-refractivity contribution in [3.63, 3.8) is 0 Å². The highest BCUT2D eigenvalue weighted by atomic mass is 79.9. The van der Waals surface area contributed by atoms with Gasteiger partial charge in [-0.15, -0.1) is 0 Å². The van der Waals surface area contributed by atoms with Crippen LogP contribution >= 0.6 is 15.9 Å². The van der Waals surface area contributed by atoms with Gasteiger partial charge in [-0.3, -0.25) is 0 Å². The van der Waals surface area contributed by atoms with Crippen molar-refractivity contribution < 1.29 is 22.4 Å². The molecule has 0 fully saturated rings. The molecule has 0 aliphatic rings. The van der Waals surface area contributed by atoms with E-state index in [4.69, 9.17) is 9.15 Å². The number of carbonyl (C=O) groups excluding carboxylic acids is 1. The topological polar surface area (TPSA) is 91.4 Å². The molecule has 3 rings (SSSR count). The van der Waals surface area contributed by atoms with Gasteiger partial charge in [0.15, 0.2) is 9.56 Å². The summed E-state index contributed by atoms with van der Waals surface area (Å²) >= 11 is 3.13. The number of hydrogen-bond acceptors (Lipinski definition) is 6. The highest BCUT2D eigenvalue weighted by Gasteiger charge is 2.35. The summed E-state index contributed by atoms with van der Waals surface area (Å²) in [5.41, 5.74) is -0.392. The zero-order chi connectivity index (χ0) is 20.7. The highest BCUT2D eigenvalue weighted by Crippen LogP contribution is 2.36. The lowest BCUT2D eigenvalue weighted by Gasteiger charge is -2.21. The molecule has 0 unspecified atom stereocenters. The summed E-state index contributed by atoms with van der Waals surface area (Å²) in [7, 11) is -3.96. The molecule has 3 aromatic rings.